The summed E-state index contributed by atoms with van der Waals surface area (Å²) in [6.07, 6.45) is -10.9. The van der Waals surface area contributed by atoms with Crippen LogP contribution in [0.4, 0.5) is 32.0 Å². The zero-order chi connectivity index (χ0) is 19.2. The van der Waals surface area contributed by atoms with Crippen LogP contribution in [0, 0.1) is 10.1 Å². The molecule has 0 saturated carbocycles. The molecule has 0 spiro atoms. The van der Waals surface area contributed by atoms with Crippen LogP contribution in [0.15, 0.2) is 23.4 Å². The Morgan fingerprint density at radius 2 is 1.72 bits per heavy atom. The Labute approximate surface area is 136 Å². The molecule has 0 saturated heterocycles. The number of nitro groups is 1. The Hall–Kier alpha value is -2.64. The number of imidazole rings is 1. The molecule has 1 aromatic carbocycles. The van der Waals surface area contributed by atoms with Crippen LogP contribution in [-0.4, -0.2) is 37.8 Å². The second-order valence-electron chi connectivity index (χ2n) is 4.35. The van der Waals surface area contributed by atoms with Crippen molar-refractivity contribution in [2.24, 2.45) is 0 Å². The molecule has 0 unspecified atom stereocenters. The number of alkyl halides is 6. The molecular weight excluding hydrogens is 384 g/mol. The van der Waals surface area contributed by atoms with Crippen LogP contribution in [0.5, 0.6) is 0 Å². The fourth-order valence-electron chi connectivity index (χ4n) is 1.69. The van der Waals surface area contributed by atoms with Crippen molar-refractivity contribution in [3.8, 4) is 0 Å². The first kappa shape index (κ1) is 18.7. The third kappa shape index (κ3) is 3.72. The van der Waals surface area contributed by atoms with Gasteiger partial charge in [0.15, 0.2) is 5.16 Å². The number of non-ortho nitro benzene ring substituents is 1. The summed E-state index contributed by atoms with van der Waals surface area (Å²) >= 11 is -0.741. The Balaban J connectivity index is 2.67. The van der Waals surface area contributed by atoms with Crippen LogP contribution >= 0.6 is 11.8 Å². The summed E-state index contributed by atoms with van der Waals surface area (Å²) in [5.74, 6) is -2.60. The Kier molecular flexibility index (Phi) is 4.50. The third-order valence-electron chi connectivity index (χ3n) is 2.68. The number of aromatic nitrogens is 2. The van der Waals surface area contributed by atoms with Gasteiger partial charge in [0.25, 0.3) is 5.69 Å². The lowest BCUT2D eigenvalue weighted by atomic mass is 10.3. The number of hydrogen-bond donors (Lipinski definition) is 0. The summed E-state index contributed by atoms with van der Waals surface area (Å²) in [7, 11) is 0. The number of carbonyl (C=O) groups excluding carboxylic acids is 2. The molecule has 0 fully saturated rings. The molecule has 0 radical (unpaired) electrons. The van der Waals surface area contributed by atoms with Gasteiger partial charge in [-0.1, -0.05) is 0 Å². The quantitative estimate of drug-likeness (QED) is 0.340. The molecule has 0 amide bonds. The van der Waals surface area contributed by atoms with Gasteiger partial charge in [-0.05, 0) is 17.8 Å². The van der Waals surface area contributed by atoms with E-state index in [0.29, 0.717) is 12.1 Å². The summed E-state index contributed by atoms with van der Waals surface area (Å²) in [6, 6.07) is 2.12. The van der Waals surface area contributed by atoms with Gasteiger partial charge < -0.3 is 0 Å². The molecule has 0 aliphatic rings. The van der Waals surface area contributed by atoms with Gasteiger partial charge in [-0.25, -0.2) is 9.55 Å². The minimum atomic E-state index is -5.48. The van der Waals surface area contributed by atoms with Gasteiger partial charge in [0, 0.05) is 12.1 Å². The number of halogens is 6. The van der Waals surface area contributed by atoms with Gasteiger partial charge in [0.05, 0.1) is 16.0 Å². The van der Waals surface area contributed by atoms with E-state index in [4.69, 9.17) is 0 Å². The highest BCUT2D eigenvalue weighted by atomic mass is 32.2. The molecule has 0 atom stereocenters. The van der Waals surface area contributed by atoms with Crippen LogP contribution in [0.1, 0.15) is 4.79 Å². The first-order valence-corrected chi connectivity index (χ1v) is 6.71. The molecular formula is C11H3F6N3O4S. The molecule has 0 aliphatic carbocycles. The van der Waals surface area contributed by atoms with Crippen molar-refractivity contribution in [1.29, 1.82) is 0 Å². The highest BCUT2D eigenvalue weighted by Gasteiger charge is 2.45. The minimum Gasteiger partial charge on any atom is -0.276 e. The van der Waals surface area contributed by atoms with Crippen molar-refractivity contribution in [2.45, 2.75) is 17.5 Å². The van der Waals surface area contributed by atoms with Gasteiger partial charge in [0.2, 0.25) is 0 Å². The molecule has 25 heavy (non-hydrogen) atoms. The van der Waals surface area contributed by atoms with E-state index in [1.807, 2.05) is 0 Å². The zero-order valence-corrected chi connectivity index (χ0v) is 12.2. The SMILES string of the molecule is O=C(Sc1nc2cc([N+](=O)[O-])ccc2n1C(=O)C(F)(F)F)C(F)(F)F. The summed E-state index contributed by atoms with van der Waals surface area (Å²) in [6.45, 7) is 0. The van der Waals surface area contributed by atoms with E-state index in [2.05, 4.69) is 4.98 Å². The van der Waals surface area contributed by atoms with Crippen molar-refractivity contribution < 1.29 is 40.9 Å². The molecule has 1 heterocycles. The summed E-state index contributed by atoms with van der Waals surface area (Å²) in [4.78, 5) is 35.5. The van der Waals surface area contributed by atoms with E-state index >= 15 is 0 Å². The fourth-order valence-corrected chi connectivity index (χ4v) is 2.39. The summed E-state index contributed by atoms with van der Waals surface area (Å²) in [5, 5.41) is 6.94. The number of rotatable bonds is 2. The third-order valence-corrected chi connectivity index (χ3v) is 3.55. The van der Waals surface area contributed by atoms with E-state index in [1.165, 1.54) is 0 Å². The van der Waals surface area contributed by atoms with Crippen LogP contribution in [0.25, 0.3) is 11.0 Å². The topological polar surface area (TPSA) is 95.1 Å². The highest BCUT2D eigenvalue weighted by molar-refractivity contribution is 8.13. The van der Waals surface area contributed by atoms with Crippen LogP contribution in [0.2, 0.25) is 0 Å². The summed E-state index contributed by atoms with van der Waals surface area (Å²) in [5.41, 5.74) is -1.80. The van der Waals surface area contributed by atoms with Crippen molar-refractivity contribution in [3.63, 3.8) is 0 Å². The molecule has 1 aromatic heterocycles. The van der Waals surface area contributed by atoms with Crippen molar-refractivity contribution in [1.82, 2.24) is 9.55 Å². The number of nitro benzene ring substituents is 1. The Morgan fingerprint density at radius 1 is 1.12 bits per heavy atom. The van der Waals surface area contributed by atoms with E-state index < -0.39 is 61.9 Å². The lowest BCUT2D eigenvalue weighted by molar-refractivity contribution is -0.384. The van der Waals surface area contributed by atoms with Crippen molar-refractivity contribution >= 4 is 39.5 Å². The highest BCUT2D eigenvalue weighted by Crippen LogP contribution is 2.33. The lowest BCUT2D eigenvalue weighted by Crippen LogP contribution is -2.30. The van der Waals surface area contributed by atoms with Gasteiger partial charge in [-0.3, -0.25) is 19.7 Å². The standard InChI is InChI=1S/C11H3F6N3O4S/c12-10(13,14)7(21)19-6-2-1-4(20(23)24)3-5(6)18-9(19)25-8(22)11(15,16)17/h1-3H. The van der Waals surface area contributed by atoms with Gasteiger partial charge in [-0.2, -0.15) is 26.3 Å². The monoisotopic (exact) mass is 387 g/mol. The van der Waals surface area contributed by atoms with E-state index in [-0.39, 0.29) is 4.57 Å². The molecule has 0 aliphatic heterocycles. The second kappa shape index (κ2) is 6.02. The number of benzene rings is 1. The number of thioether (sulfide) groups is 1. The van der Waals surface area contributed by atoms with Crippen LogP contribution in [0.3, 0.4) is 0 Å². The smallest absolute Gasteiger partial charge is 0.276 e. The Morgan fingerprint density at radius 3 is 2.20 bits per heavy atom. The second-order valence-corrected chi connectivity index (χ2v) is 5.29. The molecule has 7 nitrogen and oxygen atoms in total. The first-order valence-electron chi connectivity index (χ1n) is 5.90. The summed E-state index contributed by atoms with van der Waals surface area (Å²) < 4.78 is 74.8. The number of fused-ring (bicyclic) bond motifs is 1. The molecule has 14 heteroatoms. The van der Waals surface area contributed by atoms with E-state index in [1.54, 1.807) is 0 Å². The van der Waals surface area contributed by atoms with Gasteiger partial charge >= 0.3 is 23.4 Å². The van der Waals surface area contributed by atoms with Crippen molar-refractivity contribution in [3.05, 3.63) is 28.3 Å². The van der Waals surface area contributed by atoms with E-state index in [0.717, 1.165) is 6.07 Å². The van der Waals surface area contributed by atoms with E-state index in [9.17, 15) is 46.0 Å². The average molecular weight is 387 g/mol. The predicted molar refractivity (Wildman–Crippen MR) is 70.0 cm³/mol. The molecule has 2 rings (SSSR count). The van der Waals surface area contributed by atoms with Crippen LogP contribution in [-0.2, 0) is 4.79 Å². The number of carbonyl (C=O) groups is 2. The van der Waals surface area contributed by atoms with Crippen LogP contribution < -0.4 is 0 Å². The maximum Gasteiger partial charge on any atom is 0.472 e. The van der Waals surface area contributed by atoms with Crippen molar-refractivity contribution in [2.75, 3.05) is 0 Å². The number of hydrogen-bond acceptors (Lipinski definition) is 6. The predicted octanol–water partition coefficient (Wildman–Crippen LogP) is 3.33. The van der Waals surface area contributed by atoms with Gasteiger partial charge in [0.1, 0.15) is 0 Å². The lowest BCUT2D eigenvalue weighted by Gasteiger charge is -2.10. The molecule has 0 N–H and O–H groups in total. The first-order chi connectivity index (χ1) is 11.3. The largest absolute Gasteiger partial charge is 0.472 e. The number of nitrogens with zero attached hydrogens (tertiary/aromatic N) is 3. The minimum absolute atomic E-state index is 0.243. The average Bonchev–Trinajstić information content (AvgIpc) is 2.80. The molecule has 2 aromatic rings. The molecule has 134 valence electrons. The zero-order valence-electron chi connectivity index (χ0n) is 11.4. The maximum absolute atomic E-state index is 12.7. The Bertz CT molecular complexity index is 888. The van der Waals surface area contributed by atoms with Gasteiger partial charge in [-0.15, -0.1) is 0 Å². The maximum atomic E-state index is 12.7. The normalized spacial score (nSPS) is 12.4. The fraction of sp³-hybridized carbons (Fsp3) is 0.182. The molecule has 0 bridgehead atoms.